The van der Waals surface area contributed by atoms with Crippen LogP contribution in [-0.4, -0.2) is 70.6 Å². The van der Waals surface area contributed by atoms with Crippen molar-refractivity contribution in [3.05, 3.63) is 59.0 Å². The molecule has 0 fully saturated rings. The van der Waals surface area contributed by atoms with Crippen molar-refractivity contribution in [3.8, 4) is 17.7 Å². The third kappa shape index (κ3) is 5.88. The minimum atomic E-state index is -0.417. The van der Waals surface area contributed by atoms with E-state index in [4.69, 9.17) is 4.74 Å². The summed E-state index contributed by atoms with van der Waals surface area (Å²) in [6, 6.07) is 7.10. The normalized spacial score (nSPS) is 18.7. The van der Waals surface area contributed by atoms with E-state index in [1.165, 1.54) is 25.3 Å². The standard InChI is InChI=1S/C25H28FN3O4/c1-16-13-29(17(2)15-30)25(32)22-11-20(9-8-19-6-5-7-21(26)10-19)12-27-24(22)33-23(16)14-28(4)18(3)31/h5-7,10-12,16-17,23,30H,13-15H2,1-4H3/t16-,17+,23+/m0/s1. The molecule has 1 aliphatic heterocycles. The Morgan fingerprint density at radius 2 is 2.09 bits per heavy atom. The van der Waals surface area contributed by atoms with E-state index >= 15 is 0 Å². The number of carbonyl (C=O) groups is 2. The third-order valence-corrected chi connectivity index (χ3v) is 5.69. The molecule has 0 aliphatic carbocycles. The van der Waals surface area contributed by atoms with Crippen molar-refractivity contribution in [1.82, 2.24) is 14.8 Å². The van der Waals surface area contributed by atoms with E-state index in [1.54, 1.807) is 42.0 Å². The number of amides is 2. The Kier molecular flexibility index (Phi) is 7.67. The largest absolute Gasteiger partial charge is 0.472 e. The number of hydrogen-bond acceptors (Lipinski definition) is 5. The number of halogens is 1. The van der Waals surface area contributed by atoms with Crippen LogP contribution in [0.1, 0.15) is 42.3 Å². The molecule has 0 unspecified atom stereocenters. The highest BCUT2D eigenvalue weighted by molar-refractivity contribution is 5.97. The van der Waals surface area contributed by atoms with Crippen LogP contribution in [0.25, 0.3) is 0 Å². The van der Waals surface area contributed by atoms with Gasteiger partial charge in [-0.3, -0.25) is 9.59 Å². The van der Waals surface area contributed by atoms with E-state index in [-0.39, 0.29) is 41.6 Å². The van der Waals surface area contributed by atoms with Crippen molar-refractivity contribution < 1.29 is 23.8 Å². The molecule has 2 aromatic rings. The maximum atomic E-state index is 13.4. The first kappa shape index (κ1) is 24.2. The maximum absolute atomic E-state index is 13.4. The second-order valence-electron chi connectivity index (χ2n) is 8.36. The number of fused-ring (bicyclic) bond motifs is 1. The number of nitrogens with zero attached hydrogens (tertiary/aromatic N) is 3. The van der Waals surface area contributed by atoms with Crippen LogP contribution in [-0.2, 0) is 4.79 Å². The lowest BCUT2D eigenvalue weighted by Gasteiger charge is -2.37. The first-order valence-corrected chi connectivity index (χ1v) is 10.8. The number of aliphatic hydroxyl groups excluding tert-OH is 1. The number of hydrogen-bond donors (Lipinski definition) is 1. The Bertz CT molecular complexity index is 1090. The number of carbonyl (C=O) groups excluding carboxylic acids is 2. The summed E-state index contributed by atoms with van der Waals surface area (Å²) >= 11 is 0. The number of likely N-dealkylation sites (N-methyl/N-ethyl adjacent to an activating group) is 1. The number of pyridine rings is 1. The molecule has 2 amide bonds. The van der Waals surface area contributed by atoms with Gasteiger partial charge >= 0.3 is 0 Å². The minimum Gasteiger partial charge on any atom is -0.472 e. The second kappa shape index (κ2) is 10.5. The summed E-state index contributed by atoms with van der Waals surface area (Å²) in [6.45, 7) is 5.66. The maximum Gasteiger partial charge on any atom is 0.259 e. The second-order valence-corrected chi connectivity index (χ2v) is 8.36. The summed E-state index contributed by atoms with van der Waals surface area (Å²) in [4.78, 5) is 32.6. The van der Waals surface area contributed by atoms with Gasteiger partial charge in [0.1, 0.15) is 17.5 Å². The van der Waals surface area contributed by atoms with Gasteiger partial charge < -0.3 is 19.6 Å². The van der Waals surface area contributed by atoms with E-state index in [0.29, 0.717) is 24.2 Å². The topological polar surface area (TPSA) is 83.0 Å². The highest BCUT2D eigenvalue weighted by atomic mass is 19.1. The van der Waals surface area contributed by atoms with Gasteiger partial charge in [0, 0.05) is 43.8 Å². The molecule has 0 saturated carbocycles. The lowest BCUT2D eigenvalue weighted by atomic mass is 10.00. The van der Waals surface area contributed by atoms with Crippen LogP contribution in [0.2, 0.25) is 0 Å². The van der Waals surface area contributed by atoms with Gasteiger partial charge in [0.05, 0.1) is 19.2 Å². The summed E-state index contributed by atoms with van der Waals surface area (Å²) < 4.78 is 19.5. The first-order valence-electron chi connectivity index (χ1n) is 10.8. The molecular formula is C25H28FN3O4. The Labute approximate surface area is 193 Å². The monoisotopic (exact) mass is 453 g/mol. The van der Waals surface area contributed by atoms with Crippen molar-refractivity contribution in [2.75, 3.05) is 26.7 Å². The van der Waals surface area contributed by atoms with Crippen molar-refractivity contribution in [2.24, 2.45) is 5.92 Å². The molecule has 1 aliphatic rings. The molecule has 3 atom stereocenters. The molecule has 174 valence electrons. The van der Waals surface area contributed by atoms with Crippen molar-refractivity contribution in [2.45, 2.75) is 32.9 Å². The molecule has 0 radical (unpaired) electrons. The molecule has 1 aromatic heterocycles. The first-order chi connectivity index (χ1) is 15.7. The smallest absolute Gasteiger partial charge is 0.259 e. The lowest BCUT2D eigenvalue weighted by Crippen LogP contribution is -2.50. The molecule has 0 spiro atoms. The fraction of sp³-hybridized carbons (Fsp3) is 0.400. The SMILES string of the molecule is CC(=O)N(C)C[C@H]1Oc2ncc(C#Cc3cccc(F)c3)cc2C(=O)N([C@H](C)CO)C[C@@H]1C. The van der Waals surface area contributed by atoms with E-state index in [2.05, 4.69) is 16.8 Å². The van der Waals surface area contributed by atoms with Crippen LogP contribution < -0.4 is 4.74 Å². The van der Waals surface area contributed by atoms with Gasteiger partial charge in [0.25, 0.3) is 5.91 Å². The van der Waals surface area contributed by atoms with Gasteiger partial charge in [-0.25, -0.2) is 9.37 Å². The van der Waals surface area contributed by atoms with Crippen LogP contribution in [0.5, 0.6) is 5.88 Å². The number of rotatable bonds is 4. The Balaban J connectivity index is 2.00. The number of benzene rings is 1. The zero-order valence-electron chi connectivity index (χ0n) is 19.2. The van der Waals surface area contributed by atoms with E-state index in [1.807, 2.05) is 6.92 Å². The van der Waals surface area contributed by atoms with Crippen molar-refractivity contribution >= 4 is 11.8 Å². The van der Waals surface area contributed by atoms with Crippen molar-refractivity contribution in [3.63, 3.8) is 0 Å². The molecule has 8 heteroatoms. The molecule has 1 aromatic carbocycles. The zero-order chi connectivity index (χ0) is 24.1. The Morgan fingerprint density at radius 3 is 2.76 bits per heavy atom. The Hall–Kier alpha value is -3.44. The fourth-order valence-corrected chi connectivity index (χ4v) is 3.50. The van der Waals surface area contributed by atoms with Gasteiger partial charge in [-0.2, -0.15) is 0 Å². The highest BCUT2D eigenvalue weighted by Crippen LogP contribution is 2.27. The lowest BCUT2D eigenvalue weighted by molar-refractivity contribution is -0.129. The van der Waals surface area contributed by atoms with Crippen LogP contribution in [0.3, 0.4) is 0 Å². The average molecular weight is 454 g/mol. The molecule has 1 N–H and O–H groups in total. The predicted octanol–water partition coefficient (Wildman–Crippen LogP) is 2.32. The van der Waals surface area contributed by atoms with Crippen LogP contribution in [0, 0.1) is 23.6 Å². The van der Waals surface area contributed by atoms with Gasteiger partial charge in [0.15, 0.2) is 0 Å². The third-order valence-electron chi connectivity index (χ3n) is 5.69. The minimum absolute atomic E-state index is 0.0966. The summed E-state index contributed by atoms with van der Waals surface area (Å²) in [5.41, 5.74) is 1.20. The van der Waals surface area contributed by atoms with Gasteiger partial charge in [-0.15, -0.1) is 0 Å². The van der Waals surface area contributed by atoms with Crippen molar-refractivity contribution in [1.29, 1.82) is 0 Å². The molecule has 7 nitrogen and oxygen atoms in total. The van der Waals surface area contributed by atoms with Gasteiger partial charge in [-0.05, 0) is 31.2 Å². The number of ether oxygens (including phenoxy) is 1. The molecule has 2 heterocycles. The average Bonchev–Trinajstić information content (AvgIpc) is 2.79. The summed E-state index contributed by atoms with van der Waals surface area (Å²) in [6.07, 6.45) is 1.09. The van der Waals surface area contributed by atoms with E-state index in [0.717, 1.165) is 0 Å². The number of aromatic nitrogens is 1. The van der Waals surface area contributed by atoms with Crippen LogP contribution in [0.15, 0.2) is 36.5 Å². The molecule has 0 saturated heterocycles. The quantitative estimate of drug-likeness (QED) is 0.719. The van der Waals surface area contributed by atoms with Gasteiger partial charge in [-0.1, -0.05) is 24.8 Å². The predicted molar refractivity (Wildman–Crippen MR) is 121 cm³/mol. The number of aliphatic hydroxyl groups is 1. The summed E-state index contributed by atoms with van der Waals surface area (Å²) in [7, 11) is 1.69. The summed E-state index contributed by atoms with van der Waals surface area (Å²) in [5, 5.41) is 9.73. The van der Waals surface area contributed by atoms with Crippen LogP contribution >= 0.6 is 0 Å². The van der Waals surface area contributed by atoms with Gasteiger partial charge in [0.2, 0.25) is 11.8 Å². The molecule has 0 bridgehead atoms. The zero-order valence-corrected chi connectivity index (χ0v) is 19.2. The fourth-order valence-electron chi connectivity index (χ4n) is 3.50. The highest BCUT2D eigenvalue weighted by Gasteiger charge is 2.34. The van der Waals surface area contributed by atoms with E-state index in [9.17, 15) is 19.1 Å². The van der Waals surface area contributed by atoms with E-state index < -0.39 is 12.1 Å². The summed E-state index contributed by atoms with van der Waals surface area (Å²) in [5.74, 6) is 5.02. The molecule has 33 heavy (non-hydrogen) atoms. The molecular weight excluding hydrogens is 425 g/mol. The Morgan fingerprint density at radius 1 is 1.36 bits per heavy atom. The molecule has 3 rings (SSSR count). The van der Waals surface area contributed by atoms with Crippen LogP contribution in [0.4, 0.5) is 4.39 Å².